The highest BCUT2D eigenvalue weighted by Crippen LogP contribution is 1.84. The van der Waals surface area contributed by atoms with Gasteiger partial charge in [-0.2, -0.15) is 5.26 Å². The fraction of sp³-hybridized carbons (Fsp3) is 0.857. The number of hydrogen-bond acceptors (Lipinski definition) is 3. The van der Waals surface area contributed by atoms with Crippen molar-refractivity contribution in [3.05, 3.63) is 0 Å². The fourth-order valence-corrected chi connectivity index (χ4v) is 0.600. The van der Waals surface area contributed by atoms with Crippen molar-refractivity contribution in [1.82, 2.24) is 9.80 Å². The van der Waals surface area contributed by atoms with Crippen LogP contribution in [-0.4, -0.2) is 43.5 Å². The molecule has 0 atom stereocenters. The SMILES string of the molecule is CCN(C#N)CCN(C)C. The summed E-state index contributed by atoms with van der Waals surface area (Å²) in [6.07, 6.45) is 2.11. The zero-order valence-corrected chi connectivity index (χ0v) is 6.96. The number of likely N-dealkylation sites (N-methyl/N-ethyl adjacent to an activating group) is 2. The molecule has 0 amide bonds. The van der Waals surface area contributed by atoms with Gasteiger partial charge in [0.15, 0.2) is 6.19 Å². The van der Waals surface area contributed by atoms with E-state index in [0.717, 1.165) is 19.6 Å². The second-order valence-corrected chi connectivity index (χ2v) is 2.48. The van der Waals surface area contributed by atoms with E-state index in [9.17, 15) is 0 Å². The van der Waals surface area contributed by atoms with Gasteiger partial charge in [-0.3, -0.25) is 0 Å². The predicted molar refractivity (Wildman–Crippen MR) is 41.4 cm³/mol. The predicted octanol–water partition coefficient (Wildman–Crippen LogP) is 0.351. The van der Waals surface area contributed by atoms with Crippen molar-refractivity contribution >= 4 is 0 Å². The van der Waals surface area contributed by atoms with Crippen LogP contribution in [0.3, 0.4) is 0 Å². The first-order valence-corrected chi connectivity index (χ1v) is 3.50. The number of nitriles is 1. The Morgan fingerprint density at radius 1 is 1.30 bits per heavy atom. The minimum atomic E-state index is 0.810. The maximum absolute atomic E-state index is 8.50. The van der Waals surface area contributed by atoms with Crippen molar-refractivity contribution in [2.45, 2.75) is 6.92 Å². The molecule has 10 heavy (non-hydrogen) atoms. The van der Waals surface area contributed by atoms with Crippen LogP contribution in [0.1, 0.15) is 6.92 Å². The molecular weight excluding hydrogens is 126 g/mol. The van der Waals surface area contributed by atoms with Crippen LogP contribution in [0.25, 0.3) is 0 Å². The van der Waals surface area contributed by atoms with E-state index in [4.69, 9.17) is 5.26 Å². The van der Waals surface area contributed by atoms with Crippen LogP contribution in [0, 0.1) is 11.5 Å². The molecule has 0 N–H and O–H groups in total. The van der Waals surface area contributed by atoms with Crippen LogP contribution in [-0.2, 0) is 0 Å². The molecule has 0 spiro atoms. The minimum Gasteiger partial charge on any atom is -0.310 e. The van der Waals surface area contributed by atoms with E-state index in [1.807, 2.05) is 21.0 Å². The normalized spacial score (nSPS) is 9.50. The molecule has 0 fully saturated rings. The monoisotopic (exact) mass is 141 g/mol. The summed E-state index contributed by atoms with van der Waals surface area (Å²) < 4.78 is 0. The molecule has 0 saturated heterocycles. The molecule has 0 saturated carbocycles. The summed E-state index contributed by atoms with van der Waals surface area (Å²) >= 11 is 0. The van der Waals surface area contributed by atoms with E-state index in [1.165, 1.54) is 0 Å². The van der Waals surface area contributed by atoms with Crippen LogP contribution in [0.15, 0.2) is 0 Å². The van der Waals surface area contributed by atoms with Crippen molar-refractivity contribution < 1.29 is 0 Å². The number of nitrogens with zero attached hydrogens (tertiary/aromatic N) is 3. The molecular formula is C7H15N3. The zero-order valence-electron chi connectivity index (χ0n) is 6.96. The van der Waals surface area contributed by atoms with Gasteiger partial charge in [0.05, 0.1) is 0 Å². The van der Waals surface area contributed by atoms with Crippen LogP contribution >= 0.6 is 0 Å². The first kappa shape index (κ1) is 9.25. The molecule has 0 heterocycles. The molecule has 0 aromatic carbocycles. The first-order chi connectivity index (χ1) is 4.70. The highest BCUT2D eigenvalue weighted by atomic mass is 15.2. The van der Waals surface area contributed by atoms with Crippen LogP contribution in [0.5, 0.6) is 0 Å². The van der Waals surface area contributed by atoms with Crippen LogP contribution in [0.2, 0.25) is 0 Å². The Morgan fingerprint density at radius 2 is 1.90 bits per heavy atom. The lowest BCUT2D eigenvalue weighted by molar-refractivity contribution is 0.325. The largest absolute Gasteiger partial charge is 0.310 e. The lowest BCUT2D eigenvalue weighted by atomic mass is 10.5. The molecule has 0 unspecified atom stereocenters. The maximum Gasteiger partial charge on any atom is 0.179 e. The minimum absolute atomic E-state index is 0.810. The third-order valence-corrected chi connectivity index (χ3v) is 1.34. The Kier molecular flexibility index (Phi) is 4.69. The van der Waals surface area contributed by atoms with Gasteiger partial charge in [0, 0.05) is 19.6 Å². The first-order valence-electron chi connectivity index (χ1n) is 3.50. The van der Waals surface area contributed by atoms with Gasteiger partial charge in [0.2, 0.25) is 0 Å². The molecule has 0 bridgehead atoms. The third kappa shape index (κ3) is 4.16. The molecule has 0 aromatic heterocycles. The van der Waals surface area contributed by atoms with Gasteiger partial charge in [0.1, 0.15) is 0 Å². The Hall–Kier alpha value is -0.750. The molecule has 3 nitrogen and oxygen atoms in total. The Morgan fingerprint density at radius 3 is 2.20 bits per heavy atom. The summed E-state index contributed by atoms with van der Waals surface area (Å²) in [6.45, 7) is 4.57. The highest BCUT2D eigenvalue weighted by Gasteiger charge is 1.96. The highest BCUT2D eigenvalue weighted by molar-refractivity contribution is 4.71. The van der Waals surface area contributed by atoms with E-state index in [1.54, 1.807) is 4.90 Å². The van der Waals surface area contributed by atoms with Gasteiger partial charge in [-0.25, -0.2) is 0 Å². The van der Waals surface area contributed by atoms with Gasteiger partial charge in [0.25, 0.3) is 0 Å². The van der Waals surface area contributed by atoms with E-state index < -0.39 is 0 Å². The number of hydrogen-bond donors (Lipinski definition) is 0. The van der Waals surface area contributed by atoms with Gasteiger partial charge in [-0.05, 0) is 21.0 Å². The molecule has 0 aliphatic rings. The van der Waals surface area contributed by atoms with E-state index in [0.29, 0.717) is 0 Å². The summed E-state index contributed by atoms with van der Waals surface area (Å²) in [5.41, 5.74) is 0. The van der Waals surface area contributed by atoms with Crippen molar-refractivity contribution in [1.29, 1.82) is 5.26 Å². The van der Waals surface area contributed by atoms with Gasteiger partial charge < -0.3 is 9.80 Å². The smallest absolute Gasteiger partial charge is 0.179 e. The van der Waals surface area contributed by atoms with Crippen molar-refractivity contribution in [3.8, 4) is 6.19 Å². The van der Waals surface area contributed by atoms with E-state index in [2.05, 4.69) is 11.1 Å². The van der Waals surface area contributed by atoms with Crippen molar-refractivity contribution in [2.24, 2.45) is 0 Å². The molecule has 3 heteroatoms. The lowest BCUT2D eigenvalue weighted by Crippen LogP contribution is -2.27. The van der Waals surface area contributed by atoms with Crippen LogP contribution in [0.4, 0.5) is 0 Å². The summed E-state index contributed by atoms with van der Waals surface area (Å²) in [5, 5.41) is 8.50. The molecule has 0 aliphatic carbocycles. The zero-order chi connectivity index (χ0) is 7.98. The second kappa shape index (κ2) is 5.07. The summed E-state index contributed by atoms with van der Waals surface area (Å²) in [4.78, 5) is 3.81. The molecule has 58 valence electrons. The number of rotatable bonds is 4. The second-order valence-electron chi connectivity index (χ2n) is 2.48. The molecule has 0 aliphatic heterocycles. The summed E-state index contributed by atoms with van der Waals surface area (Å²) in [6, 6.07) is 0. The Bertz CT molecular complexity index is 115. The van der Waals surface area contributed by atoms with Crippen LogP contribution < -0.4 is 0 Å². The lowest BCUT2D eigenvalue weighted by Gasteiger charge is -2.15. The Labute approximate surface area is 62.8 Å². The van der Waals surface area contributed by atoms with E-state index >= 15 is 0 Å². The van der Waals surface area contributed by atoms with Gasteiger partial charge in [-0.15, -0.1) is 0 Å². The Balaban J connectivity index is 3.38. The van der Waals surface area contributed by atoms with Crippen molar-refractivity contribution in [3.63, 3.8) is 0 Å². The van der Waals surface area contributed by atoms with Gasteiger partial charge >= 0.3 is 0 Å². The summed E-state index contributed by atoms with van der Waals surface area (Å²) in [5.74, 6) is 0. The quantitative estimate of drug-likeness (QED) is 0.418. The van der Waals surface area contributed by atoms with Gasteiger partial charge in [-0.1, -0.05) is 0 Å². The fourth-order valence-electron chi connectivity index (χ4n) is 0.600. The molecule has 0 aromatic rings. The molecule has 0 radical (unpaired) electrons. The van der Waals surface area contributed by atoms with E-state index in [-0.39, 0.29) is 0 Å². The standard InChI is InChI=1S/C7H15N3/c1-4-10(7-8)6-5-9(2)3/h4-6H2,1-3H3. The summed E-state index contributed by atoms with van der Waals surface area (Å²) in [7, 11) is 4.01. The maximum atomic E-state index is 8.50. The topological polar surface area (TPSA) is 30.3 Å². The average Bonchev–Trinajstić information content (AvgIpc) is 1.90. The van der Waals surface area contributed by atoms with Crippen molar-refractivity contribution in [2.75, 3.05) is 33.7 Å². The third-order valence-electron chi connectivity index (χ3n) is 1.34. The molecule has 0 rings (SSSR count). The average molecular weight is 141 g/mol.